The summed E-state index contributed by atoms with van der Waals surface area (Å²) in [6.07, 6.45) is 0. The van der Waals surface area contributed by atoms with Gasteiger partial charge in [0.2, 0.25) is 0 Å². The summed E-state index contributed by atoms with van der Waals surface area (Å²) in [5.41, 5.74) is 1.02. The van der Waals surface area contributed by atoms with Gasteiger partial charge in [0, 0.05) is 15.4 Å². The molecule has 0 spiro atoms. The number of aromatic nitrogens is 1. The molecule has 0 bridgehead atoms. The molecule has 2 aromatic rings. The third-order valence-electron chi connectivity index (χ3n) is 1.87. The van der Waals surface area contributed by atoms with Crippen molar-refractivity contribution in [1.29, 1.82) is 0 Å². The maximum atomic E-state index is 13.5. The molecule has 0 aliphatic carbocycles. The van der Waals surface area contributed by atoms with Crippen molar-refractivity contribution in [3.05, 3.63) is 39.6 Å². The molecule has 0 aliphatic heterocycles. The van der Waals surface area contributed by atoms with Crippen LogP contribution in [0.5, 0.6) is 0 Å². The second-order valence-corrected chi connectivity index (χ2v) is 4.70. The van der Waals surface area contributed by atoms with Crippen molar-refractivity contribution in [3.63, 3.8) is 0 Å². The minimum absolute atomic E-state index is 0.119. The van der Waals surface area contributed by atoms with Crippen LogP contribution in [0.2, 0.25) is 0 Å². The molecular formula is C10H7BrFNOS. The molecule has 0 atom stereocenters. The van der Waals surface area contributed by atoms with Gasteiger partial charge in [-0.3, -0.25) is 0 Å². The summed E-state index contributed by atoms with van der Waals surface area (Å²) >= 11 is 4.60. The molecule has 2 rings (SSSR count). The first-order chi connectivity index (χ1) is 7.20. The van der Waals surface area contributed by atoms with E-state index < -0.39 is 0 Å². The Balaban J connectivity index is 2.48. The zero-order valence-corrected chi connectivity index (χ0v) is 9.98. The normalized spacial score (nSPS) is 10.6. The predicted molar refractivity (Wildman–Crippen MR) is 61.1 cm³/mol. The summed E-state index contributed by atoms with van der Waals surface area (Å²) in [6.45, 7) is -0.119. The summed E-state index contributed by atoms with van der Waals surface area (Å²) in [4.78, 5) is 4.11. The lowest BCUT2D eigenvalue weighted by Crippen LogP contribution is -1.86. The summed E-state index contributed by atoms with van der Waals surface area (Å²) < 4.78 is 14.3. The number of aliphatic hydroxyl groups is 1. The summed E-state index contributed by atoms with van der Waals surface area (Å²) in [6, 6.07) is 4.70. The molecular weight excluding hydrogens is 281 g/mol. The quantitative estimate of drug-likeness (QED) is 0.920. The number of nitrogens with zero attached hydrogens (tertiary/aromatic N) is 1. The van der Waals surface area contributed by atoms with Crippen LogP contribution in [0.4, 0.5) is 4.39 Å². The van der Waals surface area contributed by atoms with Crippen molar-refractivity contribution in [2.24, 2.45) is 0 Å². The van der Waals surface area contributed by atoms with Gasteiger partial charge in [-0.15, -0.1) is 11.3 Å². The highest BCUT2D eigenvalue weighted by Gasteiger charge is 2.09. The number of halogens is 2. The minimum Gasteiger partial charge on any atom is -0.390 e. The summed E-state index contributed by atoms with van der Waals surface area (Å²) in [7, 11) is 0. The van der Waals surface area contributed by atoms with Crippen LogP contribution in [0.25, 0.3) is 10.6 Å². The molecule has 0 unspecified atom stereocenters. The molecule has 1 aromatic carbocycles. The van der Waals surface area contributed by atoms with E-state index in [1.807, 2.05) is 0 Å². The SMILES string of the molecule is OCc1csc(-c2cc(Br)ccc2F)n1. The topological polar surface area (TPSA) is 33.1 Å². The Kier molecular flexibility index (Phi) is 3.14. The molecule has 0 aliphatic rings. The lowest BCUT2D eigenvalue weighted by atomic mass is 10.2. The zero-order chi connectivity index (χ0) is 10.8. The Morgan fingerprint density at radius 3 is 2.93 bits per heavy atom. The maximum absolute atomic E-state index is 13.5. The standard InChI is InChI=1S/C10H7BrFNOS/c11-6-1-2-9(12)8(3-6)10-13-7(4-14)5-15-10/h1-3,5,14H,4H2. The highest BCUT2D eigenvalue weighted by Crippen LogP contribution is 2.28. The number of aliphatic hydroxyl groups excluding tert-OH is 1. The maximum Gasteiger partial charge on any atom is 0.133 e. The fraction of sp³-hybridized carbons (Fsp3) is 0.100. The first-order valence-electron chi connectivity index (χ1n) is 4.21. The van der Waals surface area contributed by atoms with Gasteiger partial charge in [-0.2, -0.15) is 0 Å². The summed E-state index contributed by atoms with van der Waals surface area (Å²) in [5, 5.41) is 11.2. The van der Waals surface area contributed by atoms with Gasteiger partial charge in [0.1, 0.15) is 10.8 Å². The lowest BCUT2D eigenvalue weighted by molar-refractivity contribution is 0.278. The van der Waals surface area contributed by atoms with E-state index in [1.165, 1.54) is 17.4 Å². The van der Waals surface area contributed by atoms with Crippen LogP contribution in [0.15, 0.2) is 28.1 Å². The van der Waals surface area contributed by atoms with Crippen LogP contribution in [-0.4, -0.2) is 10.1 Å². The highest BCUT2D eigenvalue weighted by molar-refractivity contribution is 9.10. The Bertz CT molecular complexity index is 486. The molecule has 0 saturated carbocycles. The Hall–Kier alpha value is -0.780. The van der Waals surface area contributed by atoms with Gasteiger partial charge in [-0.05, 0) is 18.2 Å². The highest BCUT2D eigenvalue weighted by atomic mass is 79.9. The van der Waals surface area contributed by atoms with Crippen molar-refractivity contribution in [2.75, 3.05) is 0 Å². The van der Waals surface area contributed by atoms with Crippen LogP contribution < -0.4 is 0 Å². The van der Waals surface area contributed by atoms with Gasteiger partial charge in [0.15, 0.2) is 0 Å². The number of hydrogen-bond donors (Lipinski definition) is 1. The number of rotatable bonds is 2. The van der Waals surface area contributed by atoms with Gasteiger partial charge >= 0.3 is 0 Å². The van der Waals surface area contributed by atoms with Crippen LogP contribution >= 0.6 is 27.3 Å². The lowest BCUT2D eigenvalue weighted by Gasteiger charge is -1.99. The summed E-state index contributed by atoms with van der Waals surface area (Å²) in [5.74, 6) is -0.308. The molecule has 5 heteroatoms. The third-order valence-corrected chi connectivity index (χ3v) is 3.29. The van der Waals surface area contributed by atoms with Gasteiger partial charge < -0.3 is 5.11 Å². The van der Waals surface area contributed by atoms with Crippen molar-refractivity contribution in [1.82, 2.24) is 4.98 Å². The van der Waals surface area contributed by atoms with E-state index in [4.69, 9.17) is 5.11 Å². The minimum atomic E-state index is -0.308. The number of thiazole rings is 1. The van der Waals surface area contributed by atoms with Crippen LogP contribution in [0.3, 0.4) is 0 Å². The van der Waals surface area contributed by atoms with Gasteiger partial charge in [-0.25, -0.2) is 9.37 Å². The van der Waals surface area contributed by atoms with Crippen LogP contribution in [-0.2, 0) is 6.61 Å². The van der Waals surface area contributed by atoms with E-state index in [9.17, 15) is 4.39 Å². The molecule has 2 nitrogen and oxygen atoms in total. The van der Waals surface area contributed by atoms with E-state index in [1.54, 1.807) is 17.5 Å². The molecule has 1 N–H and O–H groups in total. The molecule has 0 fully saturated rings. The average Bonchev–Trinajstić information content (AvgIpc) is 2.70. The van der Waals surface area contributed by atoms with Crippen molar-refractivity contribution < 1.29 is 9.50 Å². The van der Waals surface area contributed by atoms with E-state index >= 15 is 0 Å². The molecule has 1 heterocycles. The molecule has 0 radical (unpaired) electrons. The van der Waals surface area contributed by atoms with Gasteiger partial charge in [0.25, 0.3) is 0 Å². The number of hydrogen-bond acceptors (Lipinski definition) is 3. The van der Waals surface area contributed by atoms with Gasteiger partial charge in [0.05, 0.1) is 12.3 Å². The van der Waals surface area contributed by atoms with Crippen molar-refractivity contribution in [3.8, 4) is 10.6 Å². The van der Waals surface area contributed by atoms with Crippen LogP contribution in [0, 0.1) is 5.82 Å². The van der Waals surface area contributed by atoms with Crippen molar-refractivity contribution >= 4 is 27.3 Å². The Morgan fingerprint density at radius 2 is 2.27 bits per heavy atom. The average molecular weight is 288 g/mol. The molecule has 0 amide bonds. The first-order valence-corrected chi connectivity index (χ1v) is 5.88. The van der Waals surface area contributed by atoms with E-state index in [0.717, 1.165) is 4.47 Å². The largest absolute Gasteiger partial charge is 0.390 e. The fourth-order valence-corrected chi connectivity index (χ4v) is 2.35. The smallest absolute Gasteiger partial charge is 0.133 e. The third kappa shape index (κ3) is 2.25. The molecule has 0 saturated heterocycles. The molecule has 1 aromatic heterocycles. The first kappa shape index (κ1) is 10.7. The predicted octanol–water partition coefficient (Wildman–Crippen LogP) is 3.20. The Morgan fingerprint density at radius 1 is 1.47 bits per heavy atom. The zero-order valence-electron chi connectivity index (χ0n) is 7.58. The van der Waals surface area contributed by atoms with E-state index in [2.05, 4.69) is 20.9 Å². The van der Waals surface area contributed by atoms with Gasteiger partial charge in [-0.1, -0.05) is 15.9 Å². The monoisotopic (exact) mass is 287 g/mol. The second kappa shape index (κ2) is 4.38. The molecule has 15 heavy (non-hydrogen) atoms. The van der Waals surface area contributed by atoms with E-state index in [0.29, 0.717) is 16.3 Å². The van der Waals surface area contributed by atoms with E-state index in [-0.39, 0.29) is 12.4 Å². The fourth-order valence-electron chi connectivity index (χ4n) is 1.16. The number of benzene rings is 1. The van der Waals surface area contributed by atoms with Crippen LogP contribution in [0.1, 0.15) is 5.69 Å². The van der Waals surface area contributed by atoms with Crippen molar-refractivity contribution in [2.45, 2.75) is 6.61 Å². The Labute approximate surface area is 98.5 Å². The molecule has 78 valence electrons. The second-order valence-electron chi connectivity index (χ2n) is 2.93.